The maximum Gasteiger partial charge on any atom is 0.317 e. The molecule has 0 spiro atoms. The molecule has 0 aromatic rings. The molecule has 7 heteroatoms. The van der Waals surface area contributed by atoms with E-state index >= 15 is 0 Å². The summed E-state index contributed by atoms with van der Waals surface area (Å²) in [6.45, 7) is 4.31. The van der Waals surface area contributed by atoms with Crippen molar-refractivity contribution in [2.24, 2.45) is 0 Å². The van der Waals surface area contributed by atoms with Crippen LogP contribution in [0.15, 0.2) is 0 Å². The van der Waals surface area contributed by atoms with Crippen molar-refractivity contribution in [3.63, 3.8) is 0 Å². The van der Waals surface area contributed by atoms with Crippen molar-refractivity contribution in [1.82, 2.24) is 20.0 Å². The average Bonchev–Trinajstić information content (AvgIpc) is 2.59. The molecule has 1 aliphatic heterocycles. The lowest BCUT2D eigenvalue weighted by atomic mass is 10.4. The highest BCUT2D eigenvalue weighted by atomic mass is 16.4. The zero-order valence-corrected chi connectivity index (χ0v) is 12.5. The van der Waals surface area contributed by atoms with Gasteiger partial charge in [0.15, 0.2) is 0 Å². The fraction of sp³-hybridized carbons (Fsp3) is 0.846. The van der Waals surface area contributed by atoms with Gasteiger partial charge in [0.1, 0.15) is 0 Å². The van der Waals surface area contributed by atoms with Crippen LogP contribution in [0.4, 0.5) is 4.79 Å². The van der Waals surface area contributed by atoms with Gasteiger partial charge in [-0.2, -0.15) is 0 Å². The van der Waals surface area contributed by atoms with Crippen molar-refractivity contribution in [3.05, 3.63) is 0 Å². The van der Waals surface area contributed by atoms with E-state index in [-0.39, 0.29) is 12.6 Å². The molecule has 2 amide bonds. The molecule has 2 N–H and O–H groups in total. The van der Waals surface area contributed by atoms with Gasteiger partial charge in [0.05, 0.1) is 6.54 Å². The molecule has 0 aliphatic carbocycles. The second kappa shape index (κ2) is 8.76. The number of nitrogens with zero attached hydrogens (tertiary/aromatic N) is 3. The second-order valence-corrected chi connectivity index (χ2v) is 5.40. The van der Waals surface area contributed by atoms with Gasteiger partial charge in [-0.25, -0.2) is 4.79 Å². The SMILES string of the molecule is CN(C)CCCNC(=O)N1CCCN(CC(=O)O)CC1. The van der Waals surface area contributed by atoms with E-state index in [0.717, 1.165) is 25.9 Å². The summed E-state index contributed by atoms with van der Waals surface area (Å²) in [4.78, 5) is 28.4. The van der Waals surface area contributed by atoms with Crippen molar-refractivity contribution in [3.8, 4) is 0 Å². The first-order chi connectivity index (χ1) is 9.49. The van der Waals surface area contributed by atoms with Gasteiger partial charge < -0.3 is 20.2 Å². The molecule has 0 unspecified atom stereocenters. The van der Waals surface area contributed by atoms with Crippen LogP contribution in [-0.4, -0.2) is 91.7 Å². The Bertz CT molecular complexity index is 323. The van der Waals surface area contributed by atoms with Gasteiger partial charge in [0.2, 0.25) is 0 Å². The largest absolute Gasteiger partial charge is 0.480 e. The van der Waals surface area contributed by atoms with Crippen molar-refractivity contribution in [1.29, 1.82) is 0 Å². The summed E-state index contributed by atoms with van der Waals surface area (Å²) in [6.07, 6.45) is 1.75. The molecule has 0 aromatic heterocycles. The summed E-state index contributed by atoms with van der Waals surface area (Å²) in [5, 5.41) is 11.7. The van der Waals surface area contributed by atoms with E-state index in [9.17, 15) is 9.59 Å². The van der Waals surface area contributed by atoms with Crippen LogP contribution in [-0.2, 0) is 4.79 Å². The van der Waals surface area contributed by atoms with Crippen LogP contribution in [0.5, 0.6) is 0 Å². The maximum absolute atomic E-state index is 12.0. The molecule has 0 bridgehead atoms. The predicted octanol–water partition coefficient (Wildman–Crippen LogP) is -0.260. The molecule has 0 atom stereocenters. The number of nitrogens with one attached hydrogen (secondary N) is 1. The number of amides is 2. The molecular weight excluding hydrogens is 260 g/mol. The highest BCUT2D eigenvalue weighted by Gasteiger charge is 2.19. The zero-order chi connectivity index (χ0) is 15.0. The molecule has 1 fully saturated rings. The number of hydrogen-bond acceptors (Lipinski definition) is 4. The third-order valence-corrected chi connectivity index (χ3v) is 3.29. The quantitative estimate of drug-likeness (QED) is 0.658. The fourth-order valence-corrected chi connectivity index (χ4v) is 2.23. The Balaban J connectivity index is 2.25. The Morgan fingerprint density at radius 3 is 2.60 bits per heavy atom. The van der Waals surface area contributed by atoms with E-state index in [1.807, 2.05) is 19.0 Å². The summed E-state index contributed by atoms with van der Waals surface area (Å²) >= 11 is 0. The zero-order valence-electron chi connectivity index (χ0n) is 12.5. The number of carboxylic acid groups (broad SMARTS) is 1. The number of urea groups is 1. The lowest BCUT2D eigenvalue weighted by Crippen LogP contribution is -2.43. The number of carbonyl (C=O) groups is 2. The number of carbonyl (C=O) groups excluding carboxylic acids is 1. The third-order valence-electron chi connectivity index (χ3n) is 3.29. The number of aliphatic carboxylic acids is 1. The minimum absolute atomic E-state index is 0.0408. The molecule has 1 rings (SSSR count). The summed E-state index contributed by atoms with van der Waals surface area (Å²) in [5.74, 6) is -0.813. The highest BCUT2D eigenvalue weighted by molar-refractivity contribution is 5.74. The van der Waals surface area contributed by atoms with Gasteiger partial charge in [0.25, 0.3) is 0 Å². The smallest absolute Gasteiger partial charge is 0.317 e. The fourth-order valence-electron chi connectivity index (χ4n) is 2.23. The normalized spacial score (nSPS) is 17.1. The van der Waals surface area contributed by atoms with Crippen LogP contribution in [0.3, 0.4) is 0 Å². The van der Waals surface area contributed by atoms with Crippen LogP contribution in [0.1, 0.15) is 12.8 Å². The average molecular weight is 286 g/mol. The first kappa shape index (κ1) is 16.7. The Morgan fingerprint density at radius 2 is 1.95 bits per heavy atom. The second-order valence-electron chi connectivity index (χ2n) is 5.40. The van der Waals surface area contributed by atoms with Crippen molar-refractivity contribution in [2.45, 2.75) is 12.8 Å². The van der Waals surface area contributed by atoms with Gasteiger partial charge >= 0.3 is 12.0 Å². The Hall–Kier alpha value is -1.34. The van der Waals surface area contributed by atoms with Gasteiger partial charge in [-0.05, 0) is 33.5 Å². The highest BCUT2D eigenvalue weighted by Crippen LogP contribution is 2.03. The van der Waals surface area contributed by atoms with Crippen LogP contribution in [0.2, 0.25) is 0 Å². The van der Waals surface area contributed by atoms with Crippen LogP contribution < -0.4 is 5.32 Å². The third kappa shape index (κ3) is 6.72. The molecule has 0 saturated carbocycles. The topological polar surface area (TPSA) is 76.1 Å². The summed E-state index contributed by atoms with van der Waals surface area (Å²) < 4.78 is 0. The standard InChI is InChI=1S/C13H26N4O3/c1-15(2)6-3-5-14-13(20)17-8-4-7-16(9-10-17)11-12(18)19/h3-11H2,1-2H3,(H,14,20)(H,18,19). The predicted molar refractivity (Wildman–Crippen MR) is 76.8 cm³/mol. The van der Waals surface area contributed by atoms with Gasteiger partial charge in [-0.3, -0.25) is 9.69 Å². The molecule has 7 nitrogen and oxygen atoms in total. The van der Waals surface area contributed by atoms with E-state index in [4.69, 9.17) is 5.11 Å². The Morgan fingerprint density at radius 1 is 1.20 bits per heavy atom. The number of rotatable bonds is 6. The van der Waals surface area contributed by atoms with E-state index in [1.54, 1.807) is 4.90 Å². The Labute approximate surface area is 120 Å². The molecule has 116 valence electrons. The van der Waals surface area contributed by atoms with Crippen LogP contribution in [0.25, 0.3) is 0 Å². The molecule has 0 radical (unpaired) electrons. The molecule has 1 heterocycles. The van der Waals surface area contributed by atoms with Gasteiger partial charge in [-0.1, -0.05) is 0 Å². The first-order valence-corrected chi connectivity index (χ1v) is 7.10. The minimum atomic E-state index is -0.813. The maximum atomic E-state index is 12.0. The monoisotopic (exact) mass is 286 g/mol. The Kier molecular flexibility index (Phi) is 7.32. The lowest BCUT2D eigenvalue weighted by Gasteiger charge is -2.21. The van der Waals surface area contributed by atoms with Crippen molar-refractivity contribution < 1.29 is 14.7 Å². The van der Waals surface area contributed by atoms with E-state index < -0.39 is 5.97 Å². The lowest BCUT2D eigenvalue weighted by molar-refractivity contribution is -0.138. The molecule has 20 heavy (non-hydrogen) atoms. The summed E-state index contributed by atoms with van der Waals surface area (Å²) in [7, 11) is 4.02. The molecule has 1 saturated heterocycles. The van der Waals surface area contributed by atoms with E-state index in [2.05, 4.69) is 10.2 Å². The van der Waals surface area contributed by atoms with Gasteiger partial charge in [0, 0.05) is 32.7 Å². The van der Waals surface area contributed by atoms with Crippen molar-refractivity contribution >= 4 is 12.0 Å². The first-order valence-electron chi connectivity index (χ1n) is 7.10. The van der Waals surface area contributed by atoms with E-state index in [0.29, 0.717) is 26.2 Å². The van der Waals surface area contributed by atoms with Crippen molar-refractivity contribution in [2.75, 3.05) is 59.9 Å². The van der Waals surface area contributed by atoms with E-state index in [1.165, 1.54) is 0 Å². The van der Waals surface area contributed by atoms with Crippen LogP contribution in [0, 0.1) is 0 Å². The van der Waals surface area contributed by atoms with Crippen LogP contribution >= 0.6 is 0 Å². The molecule has 1 aliphatic rings. The number of carboxylic acids is 1. The number of hydrogen-bond donors (Lipinski definition) is 2. The molecular formula is C13H26N4O3. The minimum Gasteiger partial charge on any atom is -0.480 e. The summed E-state index contributed by atoms with van der Waals surface area (Å²) in [6, 6.07) is -0.0408. The summed E-state index contributed by atoms with van der Waals surface area (Å²) in [5.41, 5.74) is 0. The van der Waals surface area contributed by atoms with Gasteiger partial charge in [-0.15, -0.1) is 0 Å². The molecule has 0 aromatic carbocycles.